The molecule has 0 unspecified atom stereocenters. The monoisotopic (exact) mass is 449 g/mol. The second kappa shape index (κ2) is 9.84. The molecule has 1 aliphatic carbocycles. The van der Waals surface area contributed by atoms with Crippen LogP contribution in [0.1, 0.15) is 60.0 Å². The Balaban J connectivity index is 1.80. The van der Waals surface area contributed by atoms with Gasteiger partial charge >= 0.3 is 5.97 Å². The van der Waals surface area contributed by atoms with Gasteiger partial charge in [0.05, 0.1) is 12.2 Å². The molecule has 1 N–H and O–H groups in total. The van der Waals surface area contributed by atoms with Gasteiger partial charge in [-0.1, -0.05) is 25.4 Å². The lowest BCUT2D eigenvalue weighted by Crippen LogP contribution is -2.30. The molecule has 0 bridgehead atoms. The van der Waals surface area contributed by atoms with E-state index in [1.165, 1.54) is 11.3 Å². The maximum absolute atomic E-state index is 12.9. The molecular formula is C23H28ClNO4S. The lowest BCUT2D eigenvalue weighted by atomic mass is 9.88. The minimum absolute atomic E-state index is 0.305. The molecule has 1 aliphatic rings. The molecule has 0 spiro atoms. The number of esters is 1. The summed E-state index contributed by atoms with van der Waals surface area (Å²) >= 11 is 7.47. The van der Waals surface area contributed by atoms with Crippen LogP contribution in [0.15, 0.2) is 18.2 Å². The fraction of sp³-hybridized carbons (Fsp3) is 0.478. The first kappa shape index (κ1) is 22.6. The lowest BCUT2D eigenvalue weighted by Gasteiger charge is -2.18. The minimum atomic E-state index is -0.734. The van der Waals surface area contributed by atoms with Gasteiger partial charge in [0.2, 0.25) is 0 Å². The van der Waals surface area contributed by atoms with Gasteiger partial charge in [-0.05, 0) is 74.8 Å². The summed E-state index contributed by atoms with van der Waals surface area (Å²) in [7, 11) is 0. The summed E-state index contributed by atoms with van der Waals surface area (Å²) in [5.41, 5.74) is 2.39. The van der Waals surface area contributed by atoms with Crippen LogP contribution < -0.4 is 10.1 Å². The number of amides is 1. The van der Waals surface area contributed by atoms with Crippen molar-refractivity contribution in [1.82, 2.24) is 0 Å². The van der Waals surface area contributed by atoms with Crippen LogP contribution in [-0.2, 0) is 22.4 Å². The average Bonchev–Trinajstić information content (AvgIpc) is 3.04. The van der Waals surface area contributed by atoms with E-state index in [0.29, 0.717) is 33.9 Å². The Hall–Kier alpha value is -2.05. The highest BCUT2D eigenvalue weighted by atomic mass is 35.5. The fourth-order valence-electron chi connectivity index (χ4n) is 3.52. The lowest BCUT2D eigenvalue weighted by molar-refractivity contribution is -0.122. The predicted molar refractivity (Wildman–Crippen MR) is 121 cm³/mol. The molecule has 30 heavy (non-hydrogen) atoms. The number of carbonyl (C=O) groups is 2. The van der Waals surface area contributed by atoms with Crippen molar-refractivity contribution >= 4 is 39.8 Å². The van der Waals surface area contributed by atoms with E-state index < -0.39 is 6.10 Å². The van der Waals surface area contributed by atoms with Gasteiger partial charge in [-0.3, -0.25) is 4.79 Å². The Labute approximate surface area is 186 Å². The Morgan fingerprint density at radius 1 is 1.37 bits per heavy atom. The topological polar surface area (TPSA) is 64.6 Å². The van der Waals surface area contributed by atoms with Crippen molar-refractivity contribution in [2.45, 2.75) is 59.5 Å². The second-order valence-electron chi connectivity index (χ2n) is 7.85. The van der Waals surface area contributed by atoms with Gasteiger partial charge < -0.3 is 14.8 Å². The quantitative estimate of drug-likeness (QED) is 0.542. The second-order valence-corrected chi connectivity index (χ2v) is 9.39. The molecule has 0 saturated heterocycles. The first-order valence-corrected chi connectivity index (χ1v) is 11.5. The van der Waals surface area contributed by atoms with Crippen molar-refractivity contribution in [1.29, 1.82) is 0 Å². The SMILES string of the molecule is CCCOC(=O)c1c(NC(=O)[C@H](C)Oc2ccc(Cl)cc2C)sc2c1CC[C@H](C)C2. The molecule has 0 saturated carbocycles. The Kier molecular flexibility index (Phi) is 7.42. The summed E-state index contributed by atoms with van der Waals surface area (Å²) in [4.78, 5) is 26.8. The van der Waals surface area contributed by atoms with E-state index in [2.05, 4.69) is 12.2 Å². The van der Waals surface area contributed by atoms with Crippen LogP contribution in [0.5, 0.6) is 5.75 Å². The molecule has 0 fully saturated rings. The van der Waals surface area contributed by atoms with Gasteiger partial charge in [-0.2, -0.15) is 0 Å². The van der Waals surface area contributed by atoms with Gasteiger partial charge in [0.25, 0.3) is 5.91 Å². The summed E-state index contributed by atoms with van der Waals surface area (Å²) in [6.45, 7) is 8.09. The fourth-order valence-corrected chi connectivity index (χ4v) is 5.15. The predicted octanol–water partition coefficient (Wildman–Crippen LogP) is 5.81. The molecule has 0 radical (unpaired) electrons. The number of nitrogens with one attached hydrogen (secondary N) is 1. The van der Waals surface area contributed by atoms with E-state index in [1.807, 2.05) is 13.8 Å². The van der Waals surface area contributed by atoms with Gasteiger partial charge in [0, 0.05) is 9.90 Å². The molecule has 7 heteroatoms. The van der Waals surface area contributed by atoms with Crippen molar-refractivity contribution in [2.75, 3.05) is 11.9 Å². The van der Waals surface area contributed by atoms with Crippen molar-refractivity contribution in [2.24, 2.45) is 5.92 Å². The molecule has 5 nitrogen and oxygen atoms in total. The third kappa shape index (κ3) is 5.16. The van der Waals surface area contributed by atoms with Gasteiger partial charge in [0.15, 0.2) is 6.10 Å². The molecule has 1 aromatic heterocycles. The number of rotatable bonds is 7. The number of fused-ring (bicyclic) bond motifs is 1. The van der Waals surface area contributed by atoms with Gasteiger partial charge in [0.1, 0.15) is 10.8 Å². The first-order chi connectivity index (χ1) is 14.3. The third-order valence-corrected chi connectivity index (χ3v) is 6.60. The van der Waals surface area contributed by atoms with Gasteiger partial charge in [-0.15, -0.1) is 11.3 Å². The summed E-state index contributed by atoms with van der Waals surface area (Å²) in [5, 5.41) is 4.09. The van der Waals surface area contributed by atoms with E-state index in [-0.39, 0.29) is 11.9 Å². The first-order valence-electron chi connectivity index (χ1n) is 10.4. The summed E-state index contributed by atoms with van der Waals surface area (Å²) < 4.78 is 11.2. The van der Waals surface area contributed by atoms with Crippen LogP contribution in [-0.4, -0.2) is 24.6 Å². The van der Waals surface area contributed by atoms with E-state index >= 15 is 0 Å². The maximum Gasteiger partial charge on any atom is 0.341 e. The number of thiophene rings is 1. The number of aryl methyl sites for hydroxylation is 1. The number of carbonyl (C=O) groups excluding carboxylic acids is 2. The van der Waals surface area contributed by atoms with Crippen LogP contribution in [0.4, 0.5) is 5.00 Å². The molecule has 2 atom stereocenters. The van der Waals surface area contributed by atoms with E-state index in [1.54, 1.807) is 25.1 Å². The maximum atomic E-state index is 12.9. The molecule has 3 rings (SSSR count). The normalized spacial score (nSPS) is 16.5. The van der Waals surface area contributed by atoms with E-state index in [9.17, 15) is 9.59 Å². The number of ether oxygens (including phenoxy) is 2. The molecule has 1 aromatic carbocycles. The highest BCUT2D eigenvalue weighted by Gasteiger charge is 2.30. The van der Waals surface area contributed by atoms with Crippen molar-refractivity contribution in [3.8, 4) is 5.75 Å². The molecular weight excluding hydrogens is 422 g/mol. The van der Waals surface area contributed by atoms with E-state index in [4.69, 9.17) is 21.1 Å². The van der Waals surface area contributed by atoms with Crippen molar-refractivity contribution in [3.63, 3.8) is 0 Å². The Bertz CT molecular complexity index is 940. The largest absolute Gasteiger partial charge is 0.481 e. The molecule has 1 heterocycles. The zero-order valence-electron chi connectivity index (χ0n) is 17.8. The zero-order chi connectivity index (χ0) is 21.8. The Morgan fingerprint density at radius 3 is 2.83 bits per heavy atom. The van der Waals surface area contributed by atoms with Crippen molar-refractivity contribution in [3.05, 3.63) is 44.8 Å². The van der Waals surface area contributed by atoms with Gasteiger partial charge in [-0.25, -0.2) is 4.79 Å². The number of halogens is 1. The Morgan fingerprint density at radius 2 is 2.13 bits per heavy atom. The summed E-state index contributed by atoms with van der Waals surface area (Å²) in [5.74, 6) is 0.500. The molecule has 1 amide bonds. The smallest absolute Gasteiger partial charge is 0.341 e. The number of hydrogen-bond donors (Lipinski definition) is 1. The van der Waals surface area contributed by atoms with E-state index in [0.717, 1.165) is 41.7 Å². The standard InChI is InChI=1S/C23H28ClNO4S/c1-5-10-28-23(27)20-17-8-6-13(2)11-19(17)30-22(20)25-21(26)15(4)29-18-9-7-16(24)12-14(18)3/h7,9,12-13,15H,5-6,8,10-11H2,1-4H3,(H,25,26)/t13-,15-/m0/s1. The molecule has 2 aromatic rings. The number of anilines is 1. The summed E-state index contributed by atoms with van der Waals surface area (Å²) in [6, 6.07) is 5.27. The van der Waals surface area contributed by atoms with Crippen LogP contribution in [0.2, 0.25) is 5.02 Å². The zero-order valence-corrected chi connectivity index (χ0v) is 19.4. The highest BCUT2D eigenvalue weighted by Crippen LogP contribution is 2.40. The molecule has 0 aliphatic heterocycles. The highest BCUT2D eigenvalue weighted by molar-refractivity contribution is 7.17. The number of hydrogen-bond acceptors (Lipinski definition) is 5. The minimum Gasteiger partial charge on any atom is -0.481 e. The molecule has 162 valence electrons. The third-order valence-electron chi connectivity index (χ3n) is 5.20. The summed E-state index contributed by atoms with van der Waals surface area (Å²) in [6.07, 6.45) is 2.79. The van der Waals surface area contributed by atoms with Crippen molar-refractivity contribution < 1.29 is 19.1 Å². The van der Waals surface area contributed by atoms with Crippen LogP contribution in [0, 0.1) is 12.8 Å². The van der Waals surface area contributed by atoms with Crippen LogP contribution in [0.3, 0.4) is 0 Å². The number of benzene rings is 1. The average molecular weight is 450 g/mol. The van der Waals surface area contributed by atoms with Crippen LogP contribution in [0.25, 0.3) is 0 Å². The van der Waals surface area contributed by atoms with Crippen LogP contribution >= 0.6 is 22.9 Å².